The topological polar surface area (TPSA) is 23.0 Å². The van der Waals surface area contributed by atoms with Crippen LogP contribution < -0.4 is 4.90 Å². The van der Waals surface area contributed by atoms with Crippen molar-refractivity contribution >= 4 is 98.6 Å². The lowest BCUT2D eigenvalue weighted by molar-refractivity contribution is 0.423. The molecule has 17 aromatic rings. The lowest BCUT2D eigenvalue weighted by Crippen LogP contribution is -2.40. The molecule has 632 valence electrons. The Hall–Kier alpha value is -11.1. The Bertz CT molecular complexity index is 5670. The first kappa shape index (κ1) is 97.7. The van der Waals surface area contributed by atoms with E-state index in [1.807, 2.05) is 111 Å². The van der Waals surface area contributed by atoms with Crippen LogP contribution in [0.25, 0.3) is 104 Å². The Balaban J connectivity index is 0.000000224. The van der Waals surface area contributed by atoms with E-state index in [1.54, 1.807) is 0 Å². The zero-order chi connectivity index (χ0) is 88.9. The molecule has 0 aliphatic carbocycles. The van der Waals surface area contributed by atoms with Crippen LogP contribution in [0.15, 0.2) is 315 Å². The van der Waals surface area contributed by atoms with E-state index in [-0.39, 0.29) is 27.3 Å². The molecule has 1 aliphatic rings. The van der Waals surface area contributed by atoms with Crippen LogP contribution in [0.1, 0.15) is 242 Å². The first-order valence-corrected chi connectivity index (χ1v) is 45.1. The molecule has 0 fully saturated rings. The molecule has 0 saturated heterocycles. The maximum absolute atomic E-state index is 2.46. The van der Waals surface area contributed by atoms with Gasteiger partial charge in [0.05, 0.1) is 33.1 Å². The zero-order valence-corrected chi connectivity index (χ0v) is 79.5. The fourth-order valence-electron chi connectivity index (χ4n) is 15.6. The van der Waals surface area contributed by atoms with Crippen molar-refractivity contribution in [3.05, 3.63) is 343 Å². The molecule has 5 nitrogen and oxygen atoms in total. The van der Waals surface area contributed by atoms with Gasteiger partial charge in [-0.15, -0.1) is 0 Å². The van der Waals surface area contributed by atoms with Crippen LogP contribution in [0.5, 0.6) is 0 Å². The molecule has 0 N–H and O–H groups in total. The lowest BCUT2D eigenvalue weighted by Gasteiger charge is -2.42. The van der Waals surface area contributed by atoms with Gasteiger partial charge in [0.25, 0.3) is 0 Å². The van der Waals surface area contributed by atoms with E-state index in [1.165, 1.54) is 143 Å². The Morgan fingerprint density at radius 2 is 0.467 bits per heavy atom. The van der Waals surface area contributed by atoms with Gasteiger partial charge in [-0.1, -0.05) is 398 Å². The van der Waals surface area contributed by atoms with Gasteiger partial charge in [-0.2, -0.15) is 0 Å². The summed E-state index contributed by atoms with van der Waals surface area (Å²) in [6.07, 6.45) is 1.04. The third-order valence-corrected chi connectivity index (χ3v) is 20.4. The summed E-state index contributed by atoms with van der Waals surface area (Å²) in [6, 6.07) is 113. The van der Waals surface area contributed by atoms with Gasteiger partial charge in [0.2, 0.25) is 0 Å². The predicted molar refractivity (Wildman–Crippen MR) is 541 cm³/mol. The van der Waals surface area contributed by atoms with Gasteiger partial charge < -0.3 is 23.2 Å². The Labute approximate surface area is 725 Å². The Morgan fingerprint density at radius 1 is 0.200 bits per heavy atom. The van der Waals surface area contributed by atoms with E-state index in [0.717, 1.165) is 6.42 Å². The molecule has 0 atom stereocenters. The first-order valence-electron chi connectivity index (χ1n) is 45.1. The second kappa shape index (κ2) is 45.3. The van der Waals surface area contributed by atoms with Crippen molar-refractivity contribution in [2.45, 2.75) is 248 Å². The van der Waals surface area contributed by atoms with Gasteiger partial charge in [0, 0.05) is 100 Å². The van der Waals surface area contributed by atoms with Gasteiger partial charge in [-0.25, -0.2) is 0 Å². The number of hydrogen-bond donors (Lipinski definition) is 0. The summed E-state index contributed by atoms with van der Waals surface area (Å²) in [5.41, 5.74) is 24.2. The molecule has 0 amide bonds. The van der Waals surface area contributed by atoms with Crippen LogP contribution in [-0.2, 0) is 28.2 Å². The SMILES string of the molecule is CC.CC.CC.CC.CC.CC.CC.CC.CC(C)(C)N1c2ccccc2Cc2ccccc21.CC(C)(C)c1ccc(-n2c3ccccc3c3ccccc32)cc1.CC(C)(C)c1cccc(-n2c3ccccc3c3ccccc32)c1.CC(C)(C)c1ccccc1-n1c2ccccc2c2ccccc21.CC(C)(C)n1c2ccccc2c2ccccc21. The summed E-state index contributed by atoms with van der Waals surface area (Å²) in [6.45, 7) is 66.0. The van der Waals surface area contributed by atoms with Gasteiger partial charge in [-0.3, -0.25) is 0 Å². The summed E-state index contributed by atoms with van der Waals surface area (Å²) in [4.78, 5) is 2.46. The average molecular weight is 1600 g/mol. The van der Waals surface area contributed by atoms with Crippen LogP contribution >= 0.6 is 0 Å². The second-order valence-electron chi connectivity index (χ2n) is 33.0. The summed E-state index contributed by atoms with van der Waals surface area (Å²) >= 11 is 0. The van der Waals surface area contributed by atoms with Crippen molar-refractivity contribution in [1.82, 2.24) is 18.3 Å². The quantitative estimate of drug-likeness (QED) is 0.173. The van der Waals surface area contributed by atoms with Crippen LogP contribution in [0.4, 0.5) is 11.4 Å². The number of benzene rings is 13. The molecule has 13 aromatic carbocycles. The van der Waals surface area contributed by atoms with E-state index in [9.17, 15) is 0 Å². The molecule has 0 bridgehead atoms. The summed E-state index contributed by atoms with van der Waals surface area (Å²) in [7, 11) is 0. The number of aromatic nitrogens is 4. The number of fused-ring (bicyclic) bond motifs is 14. The summed E-state index contributed by atoms with van der Waals surface area (Å²) in [5.74, 6) is 0. The molecule has 18 rings (SSSR count). The molecule has 4 aromatic heterocycles. The highest BCUT2D eigenvalue weighted by Gasteiger charge is 2.31. The van der Waals surface area contributed by atoms with Crippen molar-refractivity contribution in [2.24, 2.45) is 0 Å². The minimum absolute atomic E-state index is 0.0899. The van der Waals surface area contributed by atoms with E-state index < -0.39 is 0 Å². The normalized spacial score (nSPS) is 11.2. The number of rotatable bonds is 3. The summed E-state index contributed by atoms with van der Waals surface area (Å²) in [5, 5.41) is 10.6. The van der Waals surface area contributed by atoms with Crippen LogP contribution in [0.2, 0.25) is 0 Å². The molecule has 0 saturated carbocycles. The minimum Gasteiger partial charge on any atom is -0.336 e. The van der Waals surface area contributed by atoms with Gasteiger partial charge >= 0.3 is 0 Å². The molecule has 120 heavy (non-hydrogen) atoms. The molecular weight excluding hydrogens is 1450 g/mol. The molecular formula is C115H147N5. The number of nitrogens with zero attached hydrogens (tertiary/aromatic N) is 5. The van der Waals surface area contributed by atoms with E-state index in [4.69, 9.17) is 0 Å². The standard InChI is InChI=1S/3C22H21N.C17H19N.C16H17N.8C2H6/c1-22(2,3)18-12-6-9-15-21(18)23-19-13-7-4-10-16(19)17-11-5-8-14-20(17)23;1-22(2,3)16-9-8-10-17(15-16)23-20-13-6-4-11-18(20)19-12-5-7-14-21(19)23;1-22(2,3)16-12-14-17(15-13-16)23-20-10-6-4-8-18(20)19-9-5-7-11-21(19)23;1-17(2,3)18-15-10-6-4-8-13(15)12-14-9-5-7-11-16(14)18;1-16(2,3)17-14-10-6-4-8-12(14)13-9-5-7-11-15(13)17;8*1-2/h3*4-15H,1-3H3;4-11H,12H2,1-3H3;4-11H,1-3H3;8*1-2H3. The highest BCUT2D eigenvalue weighted by atomic mass is 15.2. The molecule has 5 heterocycles. The van der Waals surface area contributed by atoms with Crippen LogP contribution in [0, 0.1) is 0 Å². The Morgan fingerprint density at radius 3 is 0.775 bits per heavy atom. The Kier molecular flexibility index (Phi) is 36.9. The second-order valence-corrected chi connectivity index (χ2v) is 33.0. The van der Waals surface area contributed by atoms with Crippen molar-refractivity contribution in [3.8, 4) is 17.1 Å². The largest absolute Gasteiger partial charge is 0.336 e. The molecule has 0 radical (unpaired) electrons. The number of hydrogen-bond acceptors (Lipinski definition) is 1. The molecule has 1 aliphatic heterocycles. The third kappa shape index (κ3) is 22.3. The van der Waals surface area contributed by atoms with E-state index in [2.05, 4.69) is 442 Å². The van der Waals surface area contributed by atoms with Crippen LogP contribution in [0.3, 0.4) is 0 Å². The maximum Gasteiger partial charge on any atom is 0.0541 e. The highest BCUT2D eigenvalue weighted by molar-refractivity contribution is 6.12. The van der Waals surface area contributed by atoms with Gasteiger partial charge in [0.1, 0.15) is 0 Å². The fraction of sp³-hybridized carbons (Fsp3) is 0.322. The fourth-order valence-corrected chi connectivity index (χ4v) is 15.6. The number of anilines is 2. The van der Waals surface area contributed by atoms with Crippen molar-refractivity contribution < 1.29 is 0 Å². The molecule has 5 heteroatoms. The van der Waals surface area contributed by atoms with Gasteiger partial charge in [-0.05, 0) is 177 Å². The average Bonchev–Trinajstić information content (AvgIpc) is 1.65. The van der Waals surface area contributed by atoms with E-state index >= 15 is 0 Å². The first-order chi connectivity index (χ1) is 57.8. The van der Waals surface area contributed by atoms with Crippen LogP contribution in [-0.4, -0.2) is 23.8 Å². The third-order valence-electron chi connectivity index (χ3n) is 20.4. The predicted octanol–water partition coefficient (Wildman–Crippen LogP) is 35.5. The molecule has 0 spiro atoms. The number of para-hydroxylation sites is 11. The maximum atomic E-state index is 2.46. The van der Waals surface area contributed by atoms with Crippen molar-refractivity contribution in [1.29, 1.82) is 0 Å². The van der Waals surface area contributed by atoms with Crippen molar-refractivity contribution in [3.63, 3.8) is 0 Å². The van der Waals surface area contributed by atoms with Gasteiger partial charge in [0.15, 0.2) is 0 Å². The minimum atomic E-state index is 0.0899. The van der Waals surface area contributed by atoms with Crippen molar-refractivity contribution in [2.75, 3.05) is 4.90 Å². The monoisotopic (exact) mass is 1600 g/mol. The highest BCUT2D eigenvalue weighted by Crippen LogP contribution is 2.44. The zero-order valence-electron chi connectivity index (χ0n) is 79.5. The molecule has 0 unspecified atom stereocenters. The van der Waals surface area contributed by atoms with E-state index in [0.29, 0.717) is 0 Å². The lowest BCUT2D eigenvalue weighted by atomic mass is 9.85. The summed E-state index contributed by atoms with van der Waals surface area (Å²) < 4.78 is 9.57. The smallest absolute Gasteiger partial charge is 0.0541 e.